The van der Waals surface area contributed by atoms with Crippen molar-refractivity contribution in [2.75, 3.05) is 13.1 Å². The molecule has 0 unspecified atom stereocenters. The molecule has 1 aromatic heterocycles. The summed E-state index contributed by atoms with van der Waals surface area (Å²) in [6.07, 6.45) is 10.7. The lowest BCUT2D eigenvalue weighted by Gasteiger charge is -2.16. The SMILES string of the molecule is O=C(NCCNC1CCCCCC1)c1c[nH]ccc1=O. The number of aromatic amines is 1. The second-order valence-corrected chi connectivity index (χ2v) is 5.32. The first-order valence-electron chi connectivity index (χ1n) is 7.46. The molecule has 110 valence electrons. The highest BCUT2D eigenvalue weighted by molar-refractivity contribution is 5.93. The van der Waals surface area contributed by atoms with Crippen LogP contribution in [0.2, 0.25) is 0 Å². The highest BCUT2D eigenvalue weighted by Gasteiger charge is 2.12. The molecule has 1 amide bonds. The van der Waals surface area contributed by atoms with Gasteiger partial charge in [-0.15, -0.1) is 0 Å². The molecule has 1 saturated carbocycles. The van der Waals surface area contributed by atoms with Crippen LogP contribution in [0.4, 0.5) is 0 Å². The maximum Gasteiger partial charge on any atom is 0.256 e. The van der Waals surface area contributed by atoms with Crippen LogP contribution in [0.25, 0.3) is 0 Å². The van der Waals surface area contributed by atoms with Gasteiger partial charge in [-0.05, 0) is 12.8 Å². The number of hydrogen-bond acceptors (Lipinski definition) is 3. The quantitative estimate of drug-likeness (QED) is 0.563. The summed E-state index contributed by atoms with van der Waals surface area (Å²) in [5.41, 5.74) is -0.0834. The van der Waals surface area contributed by atoms with Crippen molar-refractivity contribution in [2.45, 2.75) is 44.6 Å². The van der Waals surface area contributed by atoms with Crippen LogP contribution in [-0.4, -0.2) is 30.0 Å². The van der Waals surface area contributed by atoms with Gasteiger partial charge < -0.3 is 15.6 Å². The van der Waals surface area contributed by atoms with Crippen molar-refractivity contribution >= 4 is 5.91 Å². The molecule has 1 fully saturated rings. The number of aromatic nitrogens is 1. The maximum absolute atomic E-state index is 11.8. The fraction of sp³-hybridized carbons (Fsp3) is 0.600. The van der Waals surface area contributed by atoms with E-state index in [4.69, 9.17) is 0 Å². The van der Waals surface area contributed by atoms with E-state index < -0.39 is 0 Å². The lowest BCUT2D eigenvalue weighted by atomic mass is 10.1. The Morgan fingerprint density at radius 1 is 1.20 bits per heavy atom. The number of hydrogen-bond donors (Lipinski definition) is 3. The lowest BCUT2D eigenvalue weighted by molar-refractivity contribution is 0.0952. The molecule has 0 saturated heterocycles. The molecule has 1 aliphatic carbocycles. The van der Waals surface area contributed by atoms with Crippen LogP contribution in [0.5, 0.6) is 0 Å². The number of nitrogens with one attached hydrogen (secondary N) is 3. The van der Waals surface area contributed by atoms with Gasteiger partial charge >= 0.3 is 0 Å². The van der Waals surface area contributed by atoms with Crippen LogP contribution in [-0.2, 0) is 0 Å². The van der Waals surface area contributed by atoms with E-state index in [9.17, 15) is 9.59 Å². The number of rotatable bonds is 5. The van der Waals surface area contributed by atoms with E-state index in [1.807, 2.05) is 0 Å². The fourth-order valence-corrected chi connectivity index (χ4v) is 2.62. The largest absolute Gasteiger partial charge is 0.367 e. The summed E-state index contributed by atoms with van der Waals surface area (Å²) in [5, 5.41) is 6.26. The minimum atomic E-state index is -0.311. The highest BCUT2D eigenvalue weighted by Crippen LogP contribution is 2.16. The van der Waals surface area contributed by atoms with Gasteiger partial charge in [-0.25, -0.2) is 0 Å². The van der Waals surface area contributed by atoms with Gasteiger partial charge in [0.25, 0.3) is 5.91 Å². The van der Waals surface area contributed by atoms with E-state index in [2.05, 4.69) is 15.6 Å². The molecule has 3 N–H and O–H groups in total. The molecule has 1 heterocycles. The molecule has 1 aliphatic rings. The highest BCUT2D eigenvalue weighted by atomic mass is 16.2. The van der Waals surface area contributed by atoms with Gasteiger partial charge in [0.1, 0.15) is 5.56 Å². The first kappa shape index (κ1) is 14.8. The monoisotopic (exact) mass is 277 g/mol. The Bertz CT molecular complexity index is 476. The fourth-order valence-electron chi connectivity index (χ4n) is 2.62. The Labute approximate surface area is 119 Å². The van der Waals surface area contributed by atoms with Crippen LogP contribution in [0.1, 0.15) is 48.9 Å². The van der Waals surface area contributed by atoms with Crippen LogP contribution in [0.3, 0.4) is 0 Å². The lowest BCUT2D eigenvalue weighted by Crippen LogP contribution is -2.38. The van der Waals surface area contributed by atoms with Crippen molar-refractivity contribution in [1.82, 2.24) is 15.6 Å². The number of amides is 1. The van der Waals surface area contributed by atoms with Gasteiger partial charge in [0, 0.05) is 37.6 Å². The third kappa shape index (κ3) is 4.49. The second kappa shape index (κ2) is 7.85. The summed E-state index contributed by atoms with van der Waals surface area (Å²) < 4.78 is 0. The predicted octanol–water partition coefficient (Wildman–Crippen LogP) is 1.42. The molecule has 0 aromatic carbocycles. The minimum absolute atomic E-state index is 0.168. The standard InChI is InChI=1S/C15H23N3O2/c19-14-7-8-16-11-13(14)15(20)18-10-9-17-12-5-3-1-2-4-6-12/h7-8,11-12,17H,1-6,9-10H2,(H,16,19)(H,18,20). The zero-order valence-electron chi connectivity index (χ0n) is 11.8. The molecule has 0 aliphatic heterocycles. The zero-order valence-corrected chi connectivity index (χ0v) is 11.8. The number of pyridine rings is 1. The molecular weight excluding hydrogens is 254 g/mol. The first-order chi connectivity index (χ1) is 9.77. The predicted molar refractivity (Wildman–Crippen MR) is 78.9 cm³/mol. The van der Waals surface area contributed by atoms with Crippen molar-refractivity contribution in [3.63, 3.8) is 0 Å². The summed E-state index contributed by atoms with van der Waals surface area (Å²) >= 11 is 0. The van der Waals surface area contributed by atoms with Gasteiger partial charge in [0.2, 0.25) is 0 Å². The van der Waals surface area contributed by atoms with Crippen LogP contribution < -0.4 is 16.1 Å². The third-order valence-electron chi connectivity index (χ3n) is 3.77. The van der Waals surface area contributed by atoms with Gasteiger partial charge in [-0.1, -0.05) is 25.7 Å². The van der Waals surface area contributed by atoms with Crippen molar-refractivity contribution in [3.8, 4) is 0 Å². The van der Waals surface area contributed by atoms with Gasteiger partial charge in [-0.2, -0.15) is 0 Å². The number of carbonyl (C=O) groups excluding carboxylic acids is 1. The second-order valence-electron chi connectivity index (χ2n) is 5.32. The zero-order chi connectivity index (χ0) is 14.2. The van der Waals surface area contributed by atoms with Crippen molar-refractivity contribution in [1.29, 1.82) is 0 Å². The molecule has 1 aromatic rings. The molecule has 20 heavy (non-hydrogen) atoms. The summed E-state index contributed by atoms with van der Waals surface area (Å²) in [7, 11) is 0. The van der Waals surface area contributed by atoms with Crippen LogP contribution in [0, 0.1) is 0 Å². The molecular formula is C15H23N3O2. The molecule has 0 bridgehead atoms. The van der Waals surface area contributed by atoms with Crippen molar-refractivity contribution in [3.05, 3.63) is 34.2 Å². The number of H-pyrrole nitrogens is 1. The van der Waals surface area contributed by atoms with Crippen LogP contribution >= 0.6 is 0 Å². The Balaban J connectivity index is 1.69. The van der Waals surface area contributed by atoms with E-state index in [1.54, 1.807) is 0 Å². The van der Waals surface area contributed by atoms with Gasteiger partial charge in [0.15, 0.2) is 5.43 Å². The third-order valence-corrected chi connectivity index (χ3v) is 3.77. The number of carbonyl (C=O) groups is 1. The van der Waals surface area contributed by atoms with Gasteiger partial charge in [0.05, 0.1) is 0 Å². The van der Waals surface area contributed by atoms with Crippen molar-refractivity contribution in [2.24, 2.45) is 0 Å². The van der Waals surface area contributed by atoms with E-state index in [0.29, 0.717) is 12.6 Å². The molecule has 5 heteroatoms. The average molecular weight is 277 g/mol. The molecule has 2 rings (SSSR count). The smallest absolute Gasteiger partial charge is 0.256 e. The first-order valence-corrected chi connectivity index (χ1v) is 7.46. The molecule has 0 atom stereocenters. The molecule has 0 spiro atoms. The van der Waals surface area contributed by atoms with Gasteiger partial charge in [-0.3, -0.25) is 9.59 Å². The van der Waals surface area contributed by atoms with E-state index in [1.165, 1.54) is 57.0 Å². The Hall–Kier alpha value is -1.62. The molecule has 0 radical (unpaired) electrons. The van der Waals surface area contributed by atoms with Crippen LogP contribution in [0.15, 0.2) is 23.3 Å². The Morgan fingerprint density at radius 3 is 2.65 bits per heavy atom. The topological polar surface area (TPSA) is 74.0 Å². The van der Waals surface area contributed by atoms with Crippen molar-refractivity contribution < 1.29 is 4.79 Å². The Morgan fingerprint density at radius 2 is 1.95 bits per heavy atom. The summed E-state index contributed by atoms with van der Waals surface area (Å²) in [6.45, 7) is 1.30. The normalized spacial score (nSPS) is 16.6. The maximum atomic E-state index is 11.8. The Kier molecular flexibility index (Phi) is 5.80. The summed E-state index contributed by atoms with van der Waals surface area (Å²) in [6, 6.07) is 1.94. The average Bonchev–Trinajstić information content (AvgIpc) is 2.72. The van der Waals surface area contributed by atoms with E-state index in [0.717, 1.165) is 6.54 Å². The van der Waals surface area contributed by atoms with E-state index >= 15 is 0 Å². The molecule has 5 nitrogen and oxygen atoms in total. The summed E-state index contributed by atoms with van der Waals surface area (Å²) in [5.74, 6) is -0.311. The summed E-state index contributed by atoms with van der Waals surface area (Å²) in [4.78, 5) is 26.1. The van der Waals surface area contributed by atoms with E-state index in [-0.39, 0.29) is 16.9 Å². The minimum Gasteiger partial charge on any atom is -0.367 e.